The number of hydrogen-bond acceptors (Lipinski definition) is 4. The monoisotopic (exact) mass is 474 g/mol. The van der Waals surface area contributed by atoms with Crippen molar-refractivity contribution in [3.63, 3.8) is 0 Å². The van der Waals surface area contributed by atoms with Crippen molar-refractivity contribution in [2.45, 2.75) is 129 Å². The zero-order valence-corrected chi connectivity index (χ0v) is 22.8. The van der Waals surface area contributed by atoms with Gasteiger partial charge in [0, 0.05) is 27.4 Å². The number of hydrogen-bond donors (Lipinski definition) is 1. The standard InChI is InChI=1S/C25H54N2O4Si/c1-5-7-8-9-10-11-12-13-14-15-16-17-18-19-20-21-22-24-31-32(29-3,30-4)27(23-6-2)25(26)28/h5-24H2,1-4H3,(H2,26,28). The number of amides is 2. The Morgan fingerprint density at radius 3 is 1.34 bits per heavy atom. The highest BCUT2D eigenvalue weighted by atomic mass is 28.4. The fourth-order valence-corrected chi connectivity index (χ4v) is 6.30. The van der Waals surface area contributed by atoms with Crippen LogP contribution in [-0.4, -0.2) is 46.9 Å². The predicted octanol–water partition coefficient (Wildman–Crippen LogP) is 7.17. The second-order valence-corrected chi connectivity index (χ2v) is 11.6. The molecule has 0 rings (SSSR count). The van der Waals surface area contributed by atoms with Crippen molar-refractivity contribution in [1.29, 1.82) is 0 Å². The van der Waals surface area contributed by atoms with E-state index >= 15 is 0 Å². The fourth-order valence-electron chi connectivity index (χ4n) is 4.13. The fraction of sp³-hybridized carbons (Fsp3) is 0.960. The lowest BCUT2D eigenvalue weighted by molar-refractivity contribution is 0.0494. The second-order valence-electron chi connectivity index (χ2n) is 8.93. The molecule has 0 aliphatic rings. The maximum Gasteiger partial charge on any atom is 0.636 e. The van der Waals surface area contributed by atoms with E-state index < -0.39 is 15.0 Å². The van der Waals surface area contributed by atoms with Gasteiger partial charge in [-0.15, -0.1) is 0 Å². The average molecular weight is 475 g/mol. The number of carbonyl (C=O) groups is 1. The molecule has 0 fully saturated rings. The van der Waals surface area contributed by atoms with Crippen LogP contribution < -0.4 is 5.73 Å². The van der Waals surface area contributed by atoms with Crippen molar-refractivity contribution in [3.05, 3.63) is 0 Å². The van der Waals surface area contributed by atoms with Crippen LogP contribution in [0.2, 0.25) is 0 Å². The summed E-state index contributed by atoms with van der Waals surface area (Å²) in [4.78, 5) is 11.8. The lowest BCUT2D eigenvalue weighted by Gasteiger charge is -2.34. The highest BCUT2D eigenvalue weighted by Gasteiger charge is 2.49. The maximum atomic E-state index is 11.8. The summed E-state index contributed by atoms with van der Waals surface area (Å²) in [5.74, 6) is 0. The van der Waals surface area contributed by atoms with E-state index in [0.29, 0.717) is 13.2 Å². The van der Waals surface area contributed by atoms with Crippen LogP contribution >= 0.6 is 0 Å². The molecule has 32 heavy (non-hydrogen) atoms. The molecule has 0 saturated carbocycles. The number of primary amides is 1. The summed E-state index contributed by atoms with van der Waals surface area (Å²) in [6.45, 7) is 5.27. The van der Waals surface area contributed by atoms with Gasteiger partial charge in [-0.1, -0.05) is 117 Å². The summed E-state index contributed by atoms with van der Waals surface area (Å²) in [6, 6.07) is -0.551. The van der Waals surface area contributed by atoms with Crippen molar-refractivity contribution >= 4 is 15.0 Å². The van der Waals surface area contributed by atoms with Crippen LogP contribution in [0.1, 0.15) is 129 Å². The van der Waals surface area contributed by atoms with Crippen molar-refractivity contribution in [1.82, 2.24) is 4.57 Å². The van der Waals surface area contributed by atoms with Gasteiger partial charge in [-0.05, 0) is 12.8 Å². The summed E-state index contributed by atoms with van der Waals surface area (Å²) in [7, 11) is -0.161. The Hall–Kier alpha value is -0.633. The molecule has 7 heteroatoms. The molecule has 0 aromatic rings. The van der Waals surface area contributed by atoms with E-state index in [0.717, 1.165) is 19.3 Å². The molecule has 0 aromatic heterocycles. The van der Waals surface area contributed by atoms with Crippen LogP contribution in [0.4, 0.5) is 4.79 Å². The maximum absolute atomic E-state index is 11.8. The second kappa shape index (κ2) is 22.2. The minimum absolute atomic E-state index is 0.474. The third kappa shape index (κ3) is 15.2. The first-order valence-electron chi connectivity index (χ1n) is 13.4. The first-order valence-corrected chi connectivity index (χ1v) is 15.1. The highest BCUT2D eigenvalue weighted by Crippen LogP contribution is 2.17. The van der Waals surface area contributed by atoms with Gasteiger partial charge in [0.1, 0.15) is 0 Å². The third-order valence-corrected chi connectivity index (χ3v) is 8.80. The van der Waals surface area contributed by atoms with Crippen LogP contribution in [-0.2, 0) is 13.3 Å². The predicted molar refractivity (Wildman–Crippen MR) is 136 cm³/mol. The topological polar surface area (TPSA) is 74.0 Å². The normalized spacial score (nSPS) is 11.8. The Balaban J connectivity index is 3.62. The Bertz CT molecular complexity index is 423. The lowest BCUT2D eigenvalue weighted by atomic mass is 10.0. The molecule has 192 valence electrons. The van der Waals surface area contributed by atoms with Crippen molar-refractivity contribution < 1.29 is 18.1 Å². The summed E-state index contributed by atoms with van der Waals surface area (Å²) in [5, 5.41) is 0. The summed E-state index contributed by atoms with van der Waals surface area (Å²) in [6.07, 6.45) is 23.6. The number of nitrogens with zero attached hydrogens (tertiary/aromatic N) is 1. The van der Waals surface area contributed by atoms with Crippen molar-refractivity contribution in [2.75, 3.05) is 27.4 Å². The molecule has 0 saturated heterocycles. The molecule has 0 aromatic carbocycles. The summed E-state index contributed by atoms with van der Waals surface area (Å²) in [5.41, 5.74) is 5.51. The molecule has 2 N–H and O–H groups in total. The first-order chi connectivity index (χ1) is 15.6. The molecule has 0 aliphatic carbocycles. The molecule has 2 amide bonds. The SMILES string of the molecule is CCCCCCCCCCCCCCCCCCCO[Si](OC)(OC)N(CCC)C(N)=O. The van der Waals surface area contributed by atoms with E-state index in [1.807, 2.05) is 6.92 Å². The van der Waals surface area contributed by atoms with Gasteiger partial charge in [-0.25, -0.2) is 4.79 Å². The first kappa shape index (κ1) is 31.4. The Morgan fingerprint density at radius 1 is 0.656 bits per heavy atom. The molecule has 0 bridgehead atoms. The molecular formula is C25H54N2O4Si. The average Bonchev–Trinajstić information content (AvgIpc) is 2.79. The minimum Gasteiger partial charge on any atom is -0.360 e. The zero-order valence-electron chi connectivity index (χ0n) is 21.8. The van der Waals surface area contributed by atoms with E-state index in [1.54, 1.807) is 0 Å². The van der Waals surface area contributed by atoms with E-state index in [1.165, 1.54) is 115 Å². The molecule has 0 radical (unpaired) electrons. The van der Waals surface area contributed by atoms with E-state index in [9.17, 15) is 4.79 Å². The molecule has 6 nitrogen and oxygen atoms in total. The highest BCUT2D eigenvalue weighted by molar-refractivity contribution is 6.60. The minimum atomic E-state index is -3.21. The summed E-state index contributed by atoms with van der Waals surface area (Å²) >= 11 is 0. The van der Waals surface area contributed by atoms with Gasteiger partial charge in [0.25, 0.3) is 0 Å². The van der Waals surface area contributed by atoms with Gasteiger partial charge in [-0.2, -0.15) is 0 Å². The largest absolute Gasteiger partial charge is 0.636 e. The number of carbonyl (C=O) groups excluding carboxylic acids is 1. The van der Waals surface area contributed by atoms with Crippen LogP contribution in [0.5, 0.6) is 0 Å². The summed E-state index contributed by atoms with van der Waals surface area (Å²) < 4.78 is 18.4. The Labute approximate surface area is 200 Å². The number of rotatable bonds is 24. The van der Waals surface area contributed by atoms with Gasteiger partial charge in [0.05, 0.1) is 0 Å². The van der Waals surface area contributed by atoms with Crippen LogP contribution in [0, 0.1) is 0 Å². The van der Waals surface area contributed by atoms with Crippen LogP contribution in [0.3, 0.4) is 0 Å². The van der Waals surface area contributed by atoms with Crippen molar-refractivity contribution in [2.24, 2.45) is 5.73 Å². The Morgan fingerprint density at radius 2 is 1.03 bits per heavy atom. The lowest BCUT2D eigenvalue weighted by Crippen LogP contribution is -2.63. The zero-order chi connectivity index (χ0) is 23.9. The number of nitrogens with two attached hydrogens (primary N) is 1. The van der Waals surface area contributed by atoms with Gasteiger partial charge in [0.15, 0.2) is 0 Å². The third-order valence-electron chi connectivity index (χ3n) is 6.09. The van der Waals surface area contributed by atoms with Gasteiger partial charge in [0.2, 0.25) is 0 Å². The molecule has 0 spiro atoms. The van der Waals surface area contributed by atoms with Gasteiger partial charge in [-0.3, -0.25) is 4.57 Å². The molecule has 0 heterocycles. The number of urea groups is 1. The van der Waals surface area contributed by atoms with E-state index in [4.69, 9.17) is 19.0 Å². The molecular weight excluding hydrogens is 420 g/mol. The van der Waals surface area contributed by atoms with E-state index in [-0.39, 0.29) is 0 Å². The smallest absolute Gasteiger partial charge is 0.360 e. The quantitative estimate of drug-likeness (QED) is 0.119. The molecule has 0 atom stereocenters. The van der Waals surface area contributed by atoms with Gasteiger partial charge >= 0.3 is 15.0 Å². The van der Waals surface area contributed by atoms with E-state index in [2.05, 4.69) is 6.92 Å². The number of unbranched alkanes of at least 4 members (excludes halogenated alkanes) is 16. The molecule has 0 aliphatic heterocycles. The molecule has 0 unspecified atom stereocenters. The van der Waals surface area contributed by atoms with Crippen LogP contribution in [0.15, 0.2) is 0 Å². The Kier molecular flexibility index (Phi) is 21.7. The van der Waals surface area contributed by atoms with Crippen molar-refractivity contribution in [3.8, 4) is 0 Å². The van der Waals surface area contributed by atoms with Crippen LogP contribution in [0.25, 0.3) is 0 Å². The van der Waals surface area contributed by atoms with Gasteiger partial charge < -0.3 is 19.0 Å².